The molecule has 1 aliphatic rings. The number of amides is 2. The van der Waals surface area contributed by atoms with Crippen LogP contribution < -0.4 is 16.4 Å². The van der Waals surface area contributed by atoms with Crippen molar-refractivity contribution in [1.82, 2.24) is 10.2 Å². The molecule has 2 amide bonds. The van der Waals surface area contributed by atoms with Crippen molar-refractivity contribution >= 4 is 23.2 Å². The summed E-state index contributed by atoms with van der Waals surface area (Å²) < 4.78 is 0. The maximum Gasteiger partial charge on any atom is 0.241 e. The van der Waals surface area contributed by atoms with Gasteiger partial charge >= 0.3 is 0 Å². The van der Waals surface area contributed by atoms with E-state index in [9.17, 15) is 9.59 Å². The number of anilines is 2. The lowest BCUT2D eigenvalue weighted by Crippen LogP contribution is -2.43. The molecule has 0 radical (unpaired) electrons. The summed E-state index contributed by atoms with van der Waals surface area (Å²) in [6.07, 6.45) is 0.430. The van der Waals surface area contributed by atoms with Crippen LogP contribution in [0, 0.1) is 0 Å². The summed E-state index contributed by atoms with van der Waals surface area (Å²) >= 11 is 0. The number of rotatable bonds is 3. The average molecular weight is 276 g/mol. The first kappa shape index (κ1) is 14.3. The van der Waals surface area contributed by atoms with Gasteiger partial charge in [-0.3, -0.25) is 14.5 Å². The van der Waals surface area contributed by atoms with Gasteiger partial charge in [0.05, 0.1) is 6.04 Å². The van der Waals surface area contributed by atoms with E-state index in [1.165, 1.54) is 0 Å². The van der Waals surface area contributed by atoms with E-state index in [1.54, 1.807) is 24.3 Å². The van der Waals surface area contributed by atoms with E-state index in [2.05, 4.69) is 10.6 Å². The SMILES string of the molecule is CC(C(=O)Nc1ccc(N)cc1)N1CCNC(=O)CC1. The highest BCUT2D eigenvalue weighted by Gasteiger charge is 2.23. The molecule has 0 aliphatic carbocycles. The molecule has 108 valence electrons. The van der Waals surface area contributed by atoms with Crippen molar-refractivity contribution in [3.8, 4) is 0 Å². The maximum absolute atomic E-state index is 12.2. The van der Waals surface area contributed by atoms with E-state index in [0.717, 1.165) is 5.69 Å². The fraction of sp³-hybridized carbons (Fsp3) is 0.429. The third kappa shape index (κ3) is 3.71. The summed E-state index contributed by atoms with van der Waals surface area (Å²) in [7, 11) is 0. The molecule has 1 saturated heterocycles. The summed E-state index contributed by atoms with van der Waals surface area (Å²) in [6.45, 7) is 3.71. The van der Waals surface area contributed by atoms with Crippen LogP contribution in [0.25, 0.3) is 0 Å². The van der Waals surface area contributed by atoms with Crippen molar-refractivity contribution < 1.29 is 9.59 Å². The van der Waals surface area contributed by atoms with Gasteiger partial charge in [0.1, 0.15) is 0 Å². The largest absolute Gasteiger partial charge is 0.399 e. The zero-order valence-electron chi connectivity index (χ0n) is 11.6. The lowest BCUT2D eigenvalue weighted by atomic mass is 10.2. The quantitative estimate of drug-likeness (QED) is 0.698. The van der Waals surface area contributed by atoms with Gasteiger partial charge in [-0.25, -0.2) is 0 Å². The molecule has 2 rings (SSSR count). The molecule has 1 aliphatic heterocycles. The first-order chi connectivity index (χ1) is 9.56. The molecular weight excluding hydrogens is 256 g/mol. The second-order valence-electron chi connectivity index (χ2n) is 4.92. The van der Waals surface area contributed by atoms with Crippen molar-refractivity contribution in [2.24, 2.45) is 0 Å². The normalized spacial score (nSPS) is 17.9. The van der Waals surface area contributed by atoms with Gasteiger partial charge in [-0.15, -0.1) is 0 Å². The number of nitrogens with zero attached hydrogens (tertiary/aromatic N) is 1. The summed E-state index contributed by atoms with van der Waals surface area (Å²) in [5.74, 6) is -0.0391. The lowest BCUT2D eigenvalue weighted by molar-refractivity contribution is -0.122. The maximum atomic E-state index is 12.2. The van der Waals surface area contributed by atoms with Gasteiger partial charge in [0.25, 0.3) is 0 Å². The number of hydrogen-bond acceptors (Lipinski definition) is 4. The molecule has 0 spiro atoms. The summed E-state index contributed by atoms with van der Waals surface area (Å²) in [5.41, 5.74) is 6.99. The van der Waals surface area contributed by atoms with E-state index in [-0.39, 0.29) is 17.9 Å². The number of carbonyl (C=O) groups excluding carboxylic acids is 2. The van der Waals surface area contributed by atoms with Crippen LogP contribution in [0.15, 0.2) is 24.3 Å². The molecule has 1 heterocycles. The monoisotopic (exact) mass is 276 g/mol. The fourth-order valence-electron chi connectivity index (χ4n) is 2.15. The van der Waals surface area contributed by atoms with Crippen molar-refractivity contribution in [2.45, 2.75) is 19.4 Å². The Morgan fingerprint density at radius 2 is 2.05 bits per heavy atom. The van der Waals surface area contributed by atoms with Crippen molar-refractivity contribution in [3.63, 3.8) is 0 Å². The number of carbonyl (C=O) groups is 2. The molecule has 6 nitrogen and oxygen atoms in total. The smallest absolute Gasteiger partial charge is 0.241 e. The molecular formula is C14H20N4O2. The lowest BCUT2D eigenvalue weighted by Gasteiger charge is -2.25. The first-order valence-electron chi connectivity index (χ1n) is 6.73. The second kappa shape index (κ2) is 6.38. The highest BCUT2D eigenvalue weighted by atomic mass is 16.2. The van der Waals surface area contributed by atoms with Crippen LogP contribution in [0.3, 0.4) is 0 Å². The van der Waals surface area contributed by atoms with Crippen molar-refractivity contribution in [2.75, 3.05) is 30.7 Å². The molecule has 1 fully saturated rings. The van der Waals surface area contributed by atoms with Gasteiger partial charge in [0.15, 0.2) is 0 Å². The summed E-state index contributed by atoms with van der Waals surface area (Å²) in [6, 6.07) is 6.75. The topological polar surface area (TPSA) is 87.5 Å². The van der Waals surface area contributed by atoms with Gasteiger partial charge in [-0.2, -0.15) is 0 Å². The minimum absolute atomic E-state index is 0.0404. The minimum atomic E-state index is -0.278. The number of hydrogen-bond donors (Lipinski definition) is 3. The predicted molar refractivity (Wildman–Crippen MR) is 78.1 cm³/mol. The molecule has 1 unspecified atom stereocenters. The predicted octanol–water partition coefficient (Wildman–Crippen LogP) is 0.418. The average Bonchev–Trinajstić information content (AvgIpc) is 2.65. The summed E-state index contributed by atoms with van der Waals surface area (Å²) in [4.78, 5) is 25.5. The third-order valence-electron chi connectivity index (χ3n) is 3.45. The van der Waals surface area contributed by atoms with Gasteiger partial charge < -0.3 is 16.4 Å². The van der Waals surface area contributed by atoms with Crippen molar-refractivity contribution in [3.05, 3.63) is 24.3 Å². The molecule has 0 aromatic heterocycles. The number of benzene rings is 1. The Hall–Kier alpha value is -2.08. The highest BCUT2D eigenvalue weighted by Crippen LogP contribution is 2.12. The second-order valence-corrected chi connectivity index (χ2v) is 4.92. The number of nitrogen functional groups attached to an aromatic ring is 1. The van der Waals surface area contributed by atoms with Crippen LogP contribution in [-0.2, 0) is 9.59 Å². The molecule has 20 heavy (non-hydrogen) atoms. The molecule has 0 saturated carbocycles. The fourth-order valence-corrected chi connectivity index (χ4v) is 2.15. The van der Waals surface area contributed by atoms with Gasteiger partial charge in [0.2, 0.25) is 11.8 Å². The Balaban J connectivity index is 1.94. The van der Waals surface area contributed by atoms with Gasteiger partial charge in [-0.1, -0.05) is 0 Å². The zero-order valence-corrected chi connectivity index (χ0v) is 11.6. The van der Waals surface area contributed by atoms with E-state index >= 15 is 0 Å². The first-order valence-corrected chi connectivity index (χ1v) is 6.73. The molecule has 4 N–H and O–H groups in total. The van der Waals surface area contributed by atoms with Crippen LogP contribution in [0.2, 0.25) is 0 Å². The molecule has 1 aromatic rings. The number of nitrogens with one attached hydrogen (secondary N) is 2. The molecule has 1 aromatic carbocycles. The van der Waals surface area contributed by atoms with Crippen molar-refractivity contribution in [1.29, 1.82) is 0 Å². The van der Waals surface area contributed by atoms with Crippen LogP contribution >= 0.6 is 0 Å². The van der Waals surface area contributed by atoms with E-state index < -0.39 is 0 Å². The Kier molecular flexibility index (Phi) is 4.57. The summed E-state index contributed by atoms with van der Waals surface area (Å²) in [5, 5.41) is 5.65. The van der Waals surface area contributed by atoms with Crippen LogP contribution in [0.1, 0.15) is 13.3 Å². The third-order valence-corrected chi connectivity index (χ3v) is 3.45. The molecule has 0 bridgehead atoms. The van der Waals surface area contributed by atoms with Crippen LogP contribution in [0.4, 0.5) is 11.4 Å². The van der Waals surface area contributed by atoms with Crippen LogP contribution in [-0.4, -0.2) is 42.4 Å². The van der Waals surface area contributed by atoms with Gasteiger partial charge in [0, 0.05) is 37.4 Å². The number of nitrogens with two attached hydrogens (primary N) is 1. The van der Waals surface area contributed by atoms with Crippen LogP contribution in [0.5, 0.6) is 0 Å². The van der Waals surface area contributed by atoms with E-state index in [4.69, 9.17) is 5.73 Å². The minimum Gasteiger partial charge on any atom is -0.399 e. The Labute approximate surface area is 118 Å². The Morgan fingerprint density at radius 1 is 1.35 bits per heavy atom. The molecule has 1 atom stereocenters. The standard InChI is InChI=1S/C14H20N4O2/c1-10(18-8-6-13(19)16-7-9-18)14(20)17-12-4-2-11(15)3-5-12/h2-5,10H,6-9,15H2,1H3,(H,16,19)(H,17,20). The van der Waals surface area contributed by atoms with E-state index in [0.29, 0.717) is 31.7 Å². The molecule has 6 heteroatoms. The van der Waals surface area contributed by atoms with E-state index in [1.807, 2.05) is 11.8 Å². The zero-order chi connectivity index (χ0) is 14.5. The highest BCUT2D eigenvalue weighted by molar-refractivity contribution is 5.94. The van der Waals surface area contributed by atoms with Gasteiger partial charge in [-0.05, 0) is 31.2 Å². The Bertz CT molecular complexity index is 486. The Morgan fingerprint density at radius 3 is 2.75 bits per heavy atom.